The van der Waals surface area contributed by atoms with E-state index in [0.717, 1.165) is 28.3 Å². The minimum atomic E-state index is -0.858. The smallest absolute Gasteiger partial charge is 0.126 e. The quantitative estimate of drug-likeness (QED) is 0.0851. The Morgan fingerprint density at radius 3 is 1.60 bits per heavy atom. The zero-order valence-corrected chi connectivity index (χ0v) is 28.2. The highest BCUT2D eigenvalue weighted by Crippen LogP contribution is 2.25. The predicted molar refractivity (Wildman–Crippen MR) is 192 cm³/mol. The molecule has 5 aromatic carbocycles. The van der Waals surface area contributed by atoms with Crippen LogP contribution >= 0.6 is 0 Å². The van der Waals surface area contributed by atoms with Crippen LogP contribution in [-0.4, -0.2) is 59.2 Å². The lowest BCUT2D eigenvalue weighted by molar-refractivity contribution is -0.0614. The van der Waals surface area contributed by atoms with Crippen molar-refractivity contribution in [3.8, 4) is 0 Å². The first-order valence-electron chi connectivity index (χ1n) is 17.0. The van der Waals surface area contributed by atoms with Gasteiger partial charge in [0.05, 0.1) is 44.7 Å². The van der Waals surface area contributed by atoms with Gasteiger partial charge in [-0.3, -0.25) is 4.90 Å². The van der Waals surface area contributed by atoms with Crippen molar-refractivity contribution in [1.82, 2.24) is 10.2 Å². The van der Waals surface area contributed by atoms with Crippen LogP contribution in [-0.2, 0) is 42.2 Å². The van der Waals surface area contributed by atoms with E-state index in [4.69, 9.17) is 9.47 Å². The van der Waals surface area contributed by atoms with Crippen molar-refractivity contribution in [3.63, 3.8) is 0 Å². The summed E-state index contributed by atoms with van der Waals surface area (Å²) in [7, 11) is 0. The number of ether oxygens (including phenoxy) is 2. The summed E-state index contributed by atoms with van der Waals surface area (Å²) in [5.74, 6) is -1.32. The van der Waals surface area contributed by atoms with Crippen LogP contribution in [0.3, 0.4) is 0 Å². The lowest BCUT2D eigenvalue weighted by Crippen LogP contribution is -2.57. The van der Waals surface area contributed by atoms with Crippen LogP contribution in [0.1, 0.15) is 27.8 Å². The molecule has 0 fully saturated rings. The zero-order valence-electron chi connectivity index (χ0n) is 28.2. The summed E-state index contributed by atoms with van der Waals surface area (Å²) in [6.45, 7) is 1.54. The Hall–Kier alpha value is -4.28. The van der Waals surface area contributed by atoms with Gasteiger partial charge in [-0.15, -0.1) is 0 Å². The molecule has 0 saturated carbocycles. The zero-order chi connectivity index (χ0) is 35.0. The van der Waals surface area contributed by atoms with Gasteiger partial charge in [0.25, 0.3) is 0 Å². The minimum Gasteiger partial charge on any atom is -0.395 e. The van der Waals surface area contributed by atoms with E-state index in [1.54, 1.807) is 0 Å². The van der Waals surface area contributed by atoms with Gasteiger partial charge in [-0.05, 0) is 46.4 Å². The van der Waals surface area contributed by atoms with E-state index in [-0.39, 0.29) is 32.8 Å². The fraction of sp³-hybridized carbons (Fsp3) is 0.286. The second-order valence-electron chi connectivity index (χ2n) is 12.5. The molecule has 0 spiro atoms. The lowest BCUT2D eigenvalue weighted by atomic mass is 9.93. The van der Waals surface area contributed by atoms with Crippen molar-refractivity contribution in [2.45, 2.75) is 57.0 Å². The molecular weight excluding hydrogens is 634 g/mol. The number of benzene rings is 5. The summed E-state index contributed by atoms with van der Waals surface area (Å²) >= 11 is 0. The van der Waals surface area contributed by atoms with E-state index >= 15 is 0 Å². The Kier molecular flexibility index (Phi) is 14.6. The van der Waals surface area contributed by atoms with Crippen molar-refractivity contribution in [1.29, 1.82) is 0 Å². The summed E-state index contributed by atoms with van der Waals surface area (Å²) in [6, 6.07) is 41.9. The van der Waals surface area contributed by atoms with Crippen LogP contribution in [0.5, 0.6) is 0 Å². The largest absolute Gasteiger partial charge is 0.395 e. The van der Waals surface area contributed by atoms with Gasteiger partial charge in [-0.25, -0.2) is 8.78 Å². The highest BCUT2D eigenvalue weighted by molar-refractivity contribution is 5.22. The topological polar surface area (TPSA) is 74.2 Å². The monoisotopic (exact) mass is 680 g/mol. The third-order valence-electron chi connectivity index (χ3n) is 8.59. The van der Waals surface area contributed by atoms with Gasteiger partial charge in [0.1, 0.15) is 11.6 Å². The standard InChI is InChI=1S/C42H46F2N2O4/c43-37-21-36(22-38(44)24-37)23-41(46(26-32-13-5-1-6-14-32)27-33-15-7-2-8-16-33)42(50-30-35-19-11-4-12-20-35)40(28-47)45-25-39(48)31-49-29-34-17-9-3-10-18-34/h1-22,24,39-42,45,47-48H,23,25-31H2/t39?,40-,41+,42-/m1/s1. The van der Waals surface area contributed by atoms with Gasteiger partial charge >= 0.3 is 0 Å². The molecule has 0 aliphatic heterocycles. The molecule has 5 aromatic rings. The number of nitrogens with zero attached hydrogens (tertiary/aromatic N) is 1. The number of hydrogen-bond donors (Lipinski definition) is 3. The molecule has 0 saturated heterocycles. The van der Waals surface area contributed by atoms with Gasteiger partial charge in [-0.2, -0.15) is 0 Å². The Morgan fingerprint density at radius 1 is 0.620 bits per heavy atom. The van der Waals surface area contributed by atoms with Crippen LogP contribution < -0.4 is 5.32 Å². The Labute approximate surface area is 293 Å². The number of rotatable bonds is 20. The molecule has 3 N–H and O–H groups in total. The highest BCUT2D eigenvalue weighted by atomic mass is 19.1. The fourth-order valence-corrected chi connectivity index (χ4v) is 6.13. The van der Waals surface area contributed by atoms with Crippen LogP contribution in [0.4, 0.5) is 8.78 Å². The SMILES string of the molecule is OC[C@@H](NCC(O)COCc1ccccc1)[C@@H](OCc1ccccc1)[C@H](Cc1cc(F)cc(F)c1)N(Cc1ccccc1)Cc1ccccc1. The molecule has 6 nitrogen and oxygen atoms in total. The van der Waals surface area contributed by atoms with Crippen molar-refractivity contribution >= 4 is 0 Å². The van der Waals surface area contributed by atoms with E-state index in [9.17, 15) is 19.0 Å². The third kappa shape index (κ3) is 11.9. The molecule has 0 amide bonds. The summed E-state index contributed by atoms with van der Waals surface area (Å²) in [4.78, 5) is 2.24. The molecule has 0 bridgehead atoms. The Balaban J connectivity index is 1.46. The summed E-state index contributed by atoms with van der Waals surface area (Å²) in [5, 5.41) is 25.1. The van der Waals surface area contributed by atoms with Crippen molar-refractivity contribution in [2.24, 2.45) is 0 Å². The summed E-state index contributed by atoms with van der Waals surface area (Å²) < 4.78 is 41.7. The average molecular weight is 681 g/mol. The van der Waals surface area contributed by atoms with E-state index in [0.29, 0.717) is 25.3 Å². The molecule has 0 aliphatic carbocycles. The van der Waals surface area contributed by atoms with Crippen LogP contribution in [0.2, 0.25) is 0 Å². The molecule has 0 aliphatic rings. The molecular formula is C42H46F2N2O4. The normalized spacial score (nSPS) is 13.9. The number of aliphatic hydroxyl groups excluding tert-OH is 2. The van der Waals surface area contributed by atoms with Gasteiger partial charge in [0.15, 0.2) is 0 Å². The molecule has 5 rings (SSSR count). The number of nitrogens with one attached hydrogen (secondary N) is 1. The summed E-state index contributed by atoms with van der Waals surface area (Å²) in [6.07, 6.45) is -1.31. The Morgan fingerprint density at radius 2 is 1.10 bits per heavy atom. The van der Waals surface area contributed by atoms with Crippen molar-refractivity contribution in [3.05, 3.63) is 179 Å². The number of hydrogen-bond acceptors (Lipinski definition) is 6. The molecule has 0 radical (unpaired) electrons. The van der Waals surface area contributed by atoms with E-state index in [1.807, 2.05) is 121 Å². The molecule has 0 aromatic heterocycles. The molecule has 1 unspecified atom stereocenters. The predicted octanol–water partition coefficient (Wildman–Crippen LogP) is 6.69. The lowest BCUT2D eigenvalue weighted by Gasteiger charge is -2.41. The summed E-state index contributed by atoms with van der Waals surface area (Å²) in [5.41, 5.74) is 4.53. The highest BCUT2D eigenvalue weighted by Gasteiger charge is 2.35. The molecule has 4 atom stereocenters. The average Bonchev–Trinajstić information content (AvgIpc) is 3.13. The van der Waals surface area contributed by atoms with Gasteiger partial charge < -0.3 is 25.0 Å². The molecule has 262 valence electrons. The first kappa shape index (κ1) is 37.0. The first-order valence-corrected chi connectivity index (χ1v) is 17.0. The molecule has 50 heavy (non-hydrogen) atoms. The molecule has 0 heterocycles. The van der Waals surface area contributed by atoms with E-state index in [2.05, 4.69) is 10.2 Å². The van der Waals surface area contributed by atoms with Crippen LogP contribution in [0, 0.1) is 11.6 Å². The first-order chi connectivity index (χ1) is 24.5. The van der Waals surface area contributed by atoms with E-state index in [1.165, 1.54) is 12.1 Å². The van der Waals surface area contributed by atoms with Gasteiger partial charge in [0.2, 0.25) is 0 Å². The third-order valence-corrected chi connectivity index (χ3v) is 8.59. The maximum Gasteiger partial charge on any atom is 0.126 e. The van der Waals surface area contributed by atoms with Crippen molar-refractivity contribution in [2.75, 3.05) is 19.8 Å². The number of halogens is 2. The second kappa shape index (κ2) is 19.8. The van der Waals surface area contributed by atoms with Gasteiger partial charge in [0, 0.05) is 31.7 Å². The number of aliphatic hydroxyl groups is 2. The Bertz CT molecular complexity index is 1600. The fourth-order valence-electron chi connectivity index (χ4n) is 6.13. The van der Waals surface area contributed by atoms with Crippen LogP contribution in [0.15, 0.2) is 140 Å². The van der Waals surface area contributed by atoms with Gasteiger partial charge in [-0.1, -0.05) is 121 Å². The second-order valence-corrected chi connectivity index (χ2v) is 12.5. The van der Waals surface area contributed by atoms with Crippen LogP contribution in [0.25, 0.3) is 0 Å². The van der Waals surface area contributed by atoms with Crippen molar-refractivity contribution < 1.29 is 28.5 Å². The minimum absolute atomic E-state index is 0.0930. The van der Waals surface area contributed by atoms with E-state index < -0.39 is 35.9 Å². The maximum atomic E-state index is 14.6. The molecule has 8 heteroatoms. The maximum absolute atomic E-state index is 14.6.